The van der Waals surface area contributed by atoms with Crippen LogP contribution >= 0.6 is 0 Å². The van der Waals surface area contributed by atoms with Gasteiger partial charge in [-0.25, -0.2) is 0 Å². The van der Waals surface area contributed by atoms with E-state index in [2.05, 4.69) is 10.4 Å². The number of hydrogen-bond donors (Lipinski definition) is 2. The molecule has 2 heterocycles. The summed E-state index contributed by atoms with van der Waals surface area (Å²) in [6.45, 7) is 2.52. The van der Waals surface area contributed by atoms with Crippen molar-refractivity contribution in [2.75, 3.05) is 26.2 Å². The van der Waals surface area contributed by atoms with E-state index >= 15 is 0 Å². The number of nitrogens with one attached hydrogen (secondary N) is 1. The van der Waals surface area contributed by atoms with Crippen LogP contribution in [0.5, 0.6) is 0 Å². The number of carboxylic acid groups (broad SMARTS) is 1. The SMILES string of the molecule is O=C(O)C1CNCCN(C(=O)C2(Cn3cccn3)CC2)C1. The molecule has 0 spiro atoms. The monoisotopic (exact) mass is 292 g/mol. The molecule has 0 bridgehead atoms. The molecule has 1 aliphatic heterocycles. The zero-order valence-electron chi connectivity index (χ0n) is 11.9. The summed E-state index contributed by atoms with van der Waals surface area (Å²) < 4.78 is 1.79. The van der Waals surface area contributed by atoms with E-state index in [0.29, 0.717) is 32.7 Å². The molecule has 1 amide bonds. The molecule has 1 saturated carbocycles. The Balaban J connectivity index is 1.70. The Kier molecular flexibility index (Phi) is 3.67. The fourth-order valence-corrected chi connectivity index (χ4v) is 2.89. The number of carbonyl (C=O) groups excluding carboxylic acids is 1. The summed E-state index contributed by atoms with van der Waals surface area (Å²) in [6, 6.07) is 1.84. The lowest BCUT2D eigenvalue weighted by Crippen LogP contribution is -2.43. The van der Waals surface area contributed by atoms with E-state index in [9.17, 15) is 14.7 Å². The minimum absolute atomic E-state index is 0.0768. The zero-order valence-corrected chi connectivity index (χ0v) is 11.9. The highest BCUT2D eigenvalue weighted by Crippen LogP contribution is 2.48. The Morgan fingerprint density at radius 1 is 1.43 bits per heavy atom. The second-order valence-corrected chi connectivity index (χ2v) is 5.97. The first-order valence-electron chi connectivity index (χ1n) is 7.31. The third kappa shape index (κ3) is 2.92. The highest BCUT2D eigenvalue weighted by Gasteiger charge is 2.52. The second kappa shape index (κ2) is 5.48. The normalized spacial score (nSPS) is 24.4. The van der Waals surface area contributed by atoms with Crippen LogP contribution in [0, 0.1) is 11.3 Å². The molecule has 2 N–H and O–H groups in total. The van der Waals surface area contributed by atoms with Crippen LogP contribution in [0.2, 0.25) is 0 Å². The fraction of sp³-hybridized carbons (Fsp3) is 0.643. The number of amides is 1. The van der Waals surface area contributed by atoms with Crippen LogP contribution in [0.4, 0.5) is 0 Å². The van der Waals surface area contributed by atoms with Crippen LogP contribution in [-0.2, 0) is 16.1 Å². The van der Waals surface area contributed by atoms with Gasteiger partial charge in [-0.15, -0.1) is 0 Å². The van der Waals surface area contributed by atoms with Gasteiger partial charge in [0.15, 0.2) is 0 Å². The van der Waals surface area contributed by atoms with Crippen molar-refractivity contribution in [1.29, 1.82) is 0 Å². The maximum absolute atomic E-state index is 12.8. The van der Waals surface area contributed by atoms with E-state index in [4.69, 9.17) is 0 Å². The molecule has 3 rings (SSSR count). The summed E-state index contributed by atoms with van der Waals surface area (Å²) in [5, 5.41) is 16.5. The Hall–Kier alpha value is -1.89. The summed E-state index contributed by atoms with van der Waals surface area (Å²) >= 11 is 0. The average Bonchev–Trinajstić information content (AvgIpc) is 3.14. The predicted octanol–water partition coefficient (Wildman–Crippen LogP) is -0.204. The number of aliphatic carboxylic acids is 1. The van der Waals surface area contributed by atoms with Crippen molar-refractivity contribution in [1.82, 2.24) is 20.0 Å². The van der Waals surface area contributed by atoms with Crippen molar-refractivity contribution in [3.05, 3.63) is 18.5 Å². The van der Waals surface area contributed by atoms with Crippen LogP contribution in [0.1, 0.15) is 12.8 Å². The number of rotatable bonds is 4. The van der Waals surface area contributed by atoms with Gasteiger partial charge in [-0.1, -0.05) is 0 Å². The molecule has 7 nitrogen and oxygen atoms in total. The van der Waals surface area contributed by atoms with Gasteiger partial charge >= 0.3 is 5.97 Å². The number of carboxylic acids is 1. The highest BCUT2D eigenvalue weighted by atomic mass is 16.4. The van der Waals surface area contributed by atoms with Crippen molar-refractivity contribution in [2.24, 2.45) is 11.3 Å². The largest absolute Gasteiger partial charge is 0.481 e. The van der Waals surface area contributed by atoms with Gasteiger partial charge in [-0.3, -0.25) is 14.3 Å². The van der Waals surface area contributed by atoms with Crippen molar-refractivity contribution in [3.63, 3.8) is 0 Å². The van der Waals surface area contributed by atoms with E-state index in [1.807, 2.05) is 12.3 Å². The third-order valence-corrected chi connectivity index (χ3v) is 4.36. The maximum Gasteiger partial charge on any atom is 0.309 e. The second-order valence-electron chi connectivity index (χ2n) is 5.97. The molecule has 0 radical (unpaired) electrons. The standard InChI is InChI=1S/C14H20N4O3/c19-12(20)11-8-15-5-7-17(9-11)13(21)14(2-3-14)10-18-6-1-4-16-18/h1,4,6,11,15H,2-3,5,7-10H2,(H,19,20). The Morgan fingerprint density at radius 3 is 2.86 bits per heavy atom. The Bertz CT molecular complexity index is 524. The van der Waals surface area contributed by atoms with Crippen LogP contribution in [0.25, 0.3) is 0 Å². The van der Waals surface area contributed by atoms with Crippen LogP contribution in [-0.4, -0.2) is 57.8 Å². The van der Waals surface area contributed by atoms with E-state index < -0.39 is 11.9 Å². The van der Waals surface area contributed by atoms with Gasteiger partial charge in [0.05, 0.1) is 17.9 Å². The van der Waals surface area contributed by atoms with Gasteiger partial charge in [0.2, 0.25) is 5.91 Å². The molecular weight excluding hydrogens is 272 g/mol. The van der Waals surface area contributed by atoms with Gasteiger partial charge in [0, 0.05) is 38.6 Å². The first kappa shape index (κ1) is 14.1. The van der Waals surface area contributed by atoms with Gasteiger partial charge < -0.3 is 15.3 Å². The minimum atomic E-state index is -0.848. The van der Waals surface area contributed by atoms with E-state index in [0.717, 1.165) is 12.8 Å². The molecule has 114 valence electrons. The van der Waals surface area contributed by atoms with E-state index in [1.165, 1.54) is 0 Å². The topological polar surface area (TPSA) is 87.5 Å². The quantitative estimate of drug-likeness (QED) is 0.802. The van der Waals surface area contributed by atoms with Gasteiger partial charge in [0.1, 0.15) is 0 Å². The first-order chi connectivity index (χ1) is 10.1. The van der Waals surface area contributed by atoms with Gasteiger partial charge in [-0.2, -0.15) is 5.10 Å². The average molecular weight is 292 g/mol. The molecule has 1 atom stereocenters. The molecule has 1 aromatic heterocycles. The minimum Gasteiger partial charge on any atom is -0.481 e. The van der Waals surface area contributed by atoms with E-state index in [-0.39, 0.29) is 11.3 Å². The van der Waals surface area contributed by atoms with Crippen molar-refractivity contribution in [2.45, 2.75) is 19.4 Å². The number of aromatic nitrogens is 2. The van der Waals surface area contributed by atoms with Crippen LogP contribution in [0.3, 0.4) is 0 Å². The summed E-state index contributed by atoms with van der Waals surface area (Å²) in [7, 11) is 0. The Morgan fingerprint density at radius 2 is 2.24 bits per heavy atom. The summed E-state index contributed by atoms with van der Waals surface area (Å²) in [5.41, 5.74) is -0.376. The van der Waals surface area contributed by atoms with Gasteiger partial charge in [0.25, 0.3) is 0 Å². The fourth-order valence-electron chi connectivity index (χ4n) is 2.89. The molecule has 7 heteroatoms. The molecule has 0 aromatic carbocycles. The van der Waals surface area contributed by atoms with E-state index in [1.54, 1.807) is 15.8 Å². The summed E-state index contributed by atoms with van der Waals surface area (Å²) in [5.74, 6) is -1.30. The van der Waals surface area contributed by atoms with Crippen molar-refractivity contribution < 1.29 is 14.7 Å². The predicted molar refractivity (Wildman–Crippen MR) is 74.5 cm³/mol. The molecular formula is C14H20N4O3. The highest BCUT2D eigenvalue weighted by molar-refractivity contribution is 5.86. The number of hydrogen-bond acceptors (Lipinski definition) is 4. The summed E-state index contributed by atoms with van der Waals surface area (Å²) in [6.07, 6.45) is 5.27. The molecule has 2 aliphatic rings. The van der Waals surface area contributed by atoms with Crippen molar-refractivity contribution in [3.8, 4) is 0 Å². The van der Waals surface area contributed by atoms with Crippen LogP contribution < -0.4 is 5.32 Å². The summed E-state index contributed by atoms with van der Waals surface area (Å²) in [4.78, 5) is 25.7. The third-order valence-electron chi connectivity index (χ3n) is 4.36. The lowest BCUT2D eigenvalue weighted by molar-refractivity contribution is -0.144. The van der Waals surface area contributed by atoms with Gasteiger partial charge in [-0.05, 0) is 18.9 Å². The zero-order chi connectivity index (χ0) is 14.9. The maximum atomic E-state index is 12.8. The molecule has 1 saturated heterocycles. The molecule has 2 fully saturated rings. The van der Waals surface area contributed by atoms with Crippen LogP contribution in [0.15, 0.2) is 18.5 Å². The smallest absolute Gasteiger partial charge is 0.309 e. The van der Waals surface area contributed by atoms with Crippen molar-refractivity contribution >= 4 is 11.9 Å². The molecule has 1 aromatic rings. The molecule has 21 heavy (non-hydrogen) atoms. The lowest BCUT2D eigenvalue weighted by Gasteiger charge is -2.27. The Labute approximate surface area is 122 Å². The number of nitrogens with zero attached hydrogens (tertiary/aromatic N) is 3. The molecule has 1 unspecified atom stereocenters. The molecule has 1 aliphatic carbocycles. The number of carbonyl (C=O) groups is 2. The first-order valence-corrected chi connectivity index (χ1v) is 7.31. The lowest BCUT2D eigenvalue weighted by atomic mass is 10.0.